The minimum atomic E-state index is 0.171. The summed E-state index contributed by atoms with van der Waals surface area (Å²) in [6.07, 6.45) is 1.84. The molecule has 1 aromatic carbocycles. The molecule has 0 fully saturated rings. The Labute approximate surface area is 98.3 Å². The molecule has 0 saturated heterocycles. The Morgan fingerprint density at radius 1 is 1.12 bits per heavy atom. The zero-order valence-electron chi connectivity index (χ0n) is 10.7. The van der Waals surface area contributed by atoms with Gasteiger partial charge in [0.2, 0.25) is 0 Å². The van der Waals surface area contributed by atoms with E-state index in [1.54, 1.807) is 0 Å². The van der Waals surface area contributed by atoms with E-state index in [2.05, 4.69) is 13.8 Å². The molecule has 2 heteroatoms. The smallest absolute Gasteiger partial charge is 0.165 e. The van der Waals surface area contributed by atoms with Crippen molar-refractivity contribution in [3.63, 3.8) is 0 Å². The van der Waals surface area contributed by atoms with Gasteiger partial charge in [-0.15, -0.1) is 0 Å². The maximum Gasteiger partial charge on any atom is 0.165 e. The lowest BCUT2D eigenvalue weighted by Crippen LogP contribution is -2.13. The van der Waals surface area contributed by atoms with Gasteiger partial charge in [-0.05, 0) is 37.1 Å². The molecule has 0 heterocycles. The first kappa shape index (κ1) is 12.8. The summed E-state index contributed by atoms with van der Waals surface area (Å²) in [5.74, 6) is 0.445. The maximum absolute atomic E-state index is 12.1. The Bertz CT molecular complexity index is 336. The van der Waals surface area contributed by atoms with E-state index in [1.165, 1.54) is 0 Å². The van der Waals surface area contributed by atoms with E-state index in [-0.39, 0.29) is 11.7 Å². The molecule has 88 valence electrons. The van der Waals surface area contributed by atoms with Crippen LogP contribution in [0.5, 0.6) is 0 Å². The van der Waals surface area contributed by atoms with Gasteiger partial charge in [0.1, 0.15) is 0 Å². The highest BCUT2D eigenvalue weighted by Gasteiger charge is 2.15. The third-order valence-electron chi connectivity index (χ3n) is 3.02. The topological polar surface area (TPSA) is 20.3 Å². The molecule has 0 aliphatic heterocycles. The Morgan fingerprint density at radius 3 is 2.00 bits per heavy atom. The molecule has 0 aliphatic rings. The van der Waals surface area contributed by atoms with Crippen LogP contribution in [0, 0.1) is 5.92 Å². The first-order valence-electron chi connectivity index (χ1n) is 5.91. The first-order chi connectivity index (χ1) is 7.60. The van der Waals surface area contributed by atoms with E-state index in [9.17, 15) is 4.79 Å². The van der Waals surface area contributed by atoms with Crippen LogP contribution in [0.4, 0.5) is 5.69 Å². The number of anilines is 1. The maximum atomic E-state index is 12.1. The average Bonchev–Trinajstić information content (AvgIpc) is 2.30. The Morgan fingerprint density at radius 2 is 1.62 bits per heavy atom. The molecule has 0 aliphatic carbocycles. The molecular formula is C14H21NO. The lowest BCUT2D eigenvalue weighted by molar-refractivity contribution is 0.0913. The van der Waals surface area contributed by atoms with Crippen LogP contribution in [0.15, 0.2) is 24.3 Å². The number of benzene rings is 1. The van der Waals surface area contributed by atoms with Gasteiger partial charge in [0.15, 0.2) is 5.78 Å². The zero-order chi connectivity index (χ0) is 12.1. The molecular weight excluding hydrogens is 198 g/mol. The van der Waals surface area contributed by atoms with E-state index >= 15 is 0 Å². The first-order valence-corrected chi connectivity index (χ1v) is 5.91. The summed E-state index contributed by atoms with van der Waals surface area (Å²) in [4.78, 5) is 14.1. The molecule has 0 amide bonds. The molecule has 0 aromatic heterocycles. The Hall–Kier alpha value is -1.31. The molecule has 16 heavy (non-hydrogen) atoms. The van der Waals surface area contributed by atoms with Gasteiger partial charge in [0.25, 0.3) is 0 Å². The molecule has 0 radical (unpaired) electrons. The molecule has 0 unspecified atom stereocenters. The van der Waals surface area contributed by atoms with Crippen molar-refractivity contribution in [1.82, 2.24) is 0 Å². The van der Waals surface area contributed by atoms with Crippen LogP contribution >= 0.6 is 0 Å². The van der Waals surface area contributed by atoms with E-state index in [1.807, 2.05) is 43.3 Å². The summed E-state index contributed by atoms with van der Waals surface area (Å²) in [7, 11) is 4.00. The molecule has 2 nitrogen and oxygen atoms in total. The van der Waals surface area contributed by atoms with Crippen molar-refractivity contribution in [3.05, 3.63) is 29.8 Å². The van der Waals surface area contributed by atoms with E-state index in [0.717, 1.165) is 24.1 Å². The number of hydrogen-bond acceptors (Lipinski definition) is 2. The van der Waals surface area contributed by atoms with E-state index in [0.29, 0.717) is 0 Å². The van der Waals surface area contributed by atoms with Crippen LogP contribution in [0.3, 0.4) is 0 Å². The van der Waals surface area contributed by atoms with Crippen molar-refractivity contribution in [2.24, 2.45) is 5.92 Å². The molecule has 1 aromatic rings. The third-order valence-corrected chi connectivity index (χ3v) is 3.02. The second-order valence-electron chi connectivity index (χ2n) is 4.32. The van der Waals surface area contributed by atoms with Crippen LogP contribution < -0.4 is 4.90 Å². The summed E-state index contributed by atoms with van der Waals surface area (Å²) in [5, 5.41) is 0. The van der Waals surface area contributed by atoms with E-state index in [4.69, 9.17) is 0 Å². The van der Waals surface area contributed by atoms with Crippen LogP contribution in [-0.4, -0.2) is 19.9 Å². The van der Waals surface area contributed by atoms with Crippen LogP contribution in [0.2, 0.25) is 0 Å². The minimum absolute atomic E-state index is 0.171. The van der Waals surface area contributed by atoms with Gasteiger partial charge in [-0.2, -0.15) is 0 Å². The summed E-state index contributed by atoms with van der Waals surface area (Å²) in [6.45, 7) is 4.14. The molecule has 0 atom stereocenters. The average molecular weight is 219 g/mol. The fraction of sp³-hybridized carbons (Fsp3) is 0.500. The third kappa shape index (κ3) is 2.84. The standard InChI is InChI=1S/C14H21NO/c1-5-11(6-2)14(16)12-7-9-13(10-8-12)15(3)4/h7-11H,5-6H2,1-4H3. The van der Waals surface area contributed by atoms with Crippen molar-refractivity contribution in [2.75, 3.05) is 19.0 Å². The summed E-state index contributed by atoms with van der Waals surface area (Å²) >= 11 is 0. The van der Waals surface area contributed by atoms with Gasteiger partial charge in [0, 0.05) is 31.3 Å². The van der Waals surface area contributed by atoms with Gasteiger partial charge in [-0.1, -0.05) is 13.8 Å². The predicted molar refractivity (Wildman–Crippen MR) is 69.2 cm³/mol. The predicted octanol–water partition coefficient (Wildman–Crippen LogP) is 3.37. The molecule has 0 saturated carbocycles. The molecule has 0 bridgehead atoms. The van der Waals surface area contributed by atoms with Gasteiger partial charge in [-0.3, -0.25) is 4.79 Å². The SMILES string of the molecule is CCC(CC)C(=O)c1ccc(N(C)C)cc1. The normalized spacial score (nSPS) is 10.6. The fourth-order valence-electron chi connectivity index (χ4n) is 1.82. The quantitative estimate of drug-likeness (QED) is 0.708. The highest BCUT2D eigenvalue weighted by atomic mass is 16.1. The van der Waals surface area contributed by atoms with Crippen LogP contribution in [0.25, 0.3) is 0 Å². The Balaban J connectivity index is 2.85. The summed E-state index contributed by atoms with van der Waals surface area (Å²) < 4.78 is 0. The van der Waals surface area contributed by atoms with Crippen LogP contribution in [-0.2, 0) is 0 Å². The van der Waals surface area contributed by atoms with Crippen molar-refractivity contribution >= 4 is 11.5 Å². The second-order valence-corrected chi connectivity index (χ2v) is 4.32. The minimum Gasteiger partial charge on any atom is -0.378 e. The second kappa shape index (κ2) is 5.69. The Kier molecular flexibility index (Phi) is 4.53. The van der Waals surface area contributed by atoms with Crippen molar-refractivity contribution in [2.45, 2.75) is 26.7 Å². The molecule has 0 spiro atoms. The number of rotatable bonds is 5. The monoisotopic (exact) mass is 219 g/mol. The lowest BCUT2D eigenvalue weighted by Gasteiger charge is -2.14. The molecule has 1 rings (SSSR count). The number of ketones is 1. The van der Waals surface area contributed by atoms with Crippen molar-refractivity contribution in [3.8, 4) is 0 Å². The van der Waals surface area contributed by atoms with Crippen molar-refractivity contribution < 1.29 is 4.79 Å². The number of hydrogen-bond donors (Lipinski definition) is 0. The number of carbonyl (C=O) groups excluding carboxylic acids is 1. The van der Waals surface area contributed by atoms with Gasteiger partial charge in [0.05, 0.1) is 0 Å². The van der Waals surface area contributed by atoms with E-state index < -0.39 is 0 Å². The van der Waals surface area contributed by atoms with Gasteiger partial charge in [-0.25, -0.2) is 0 Å². The largest absolute Gasteiger partial charge is 0.378 e. The van der Waals surface area contributed by atoms with Crippen LogP contribution in [0.1, 0.15) is 37.0 Å². The highest BCUT2D eigenvalue weighted by molar-refractivity contribution is 5.98. The summed E-state index contributed by atoms with van der Waals surface area (Å²) in [6, 6.07) is 7.84. The zero-order valence-corrected chi connectivity index (χ0v) is 10.7. The fourth-order valence-corrected chi connectivity index (χ4v) is 1.82. The van der Waals surface area contributed by atoms with Crippen molar-refractivity contribution in [1.29, 1.82) is 0 Å². The molecule has 0 N–H and O–H groups in total. The summed E-state index contributed by atoms with van der Waals surface area (Å²) in [5.41, 5.74) is 1.96. The number of carbonyl (C=O) groups is 1. The number of nitrogens with zero attached hydrogens (tertiary/aromatic N) is 1. The lowest BCUT2D eigenvalue weighted by atomic mass is 9.93. The van der Waals surface area contributed by atoms with Gasteiger partial charge < -0.3 is 4.90 Å². The number of Topliss-reactive ketones (excluding diaryl/α,β-unsaturated/α-hetero) is 1. The highest BCUT2D eigenvalue weighted by Crippen LogP contribution is 2.18. The van der Waals surface area contributed by atoms with Gasteiger partial charge >= 0.3 is 0 Å².